The summed E-state index contributed by atoms with van der Waals surface area (Å²) in [5, 5.41) is 7.97. The van der Waals surface area contributed by atoms with E-state index in [1.807, 2.05) is 36.7 Å². The molecule has 1 aliphatic rings. The van der Waals surface area contributed by atoms with Gasteiger partial charge in [-0.05, 0) is 31.5 Å². The second kappa shape index (κ2) is 7.69. The number of hydrogen-bond donors (Lipinski definition) is 1. The number of thiazole rings is 2. The second-order valence-electron chi connectivity index (χ2n) is 6.57. The van der Waals surface area contributed by atoms with Gasteiger partial charge in [0.15, 0.2) is 10.3 Å². The van der Waals surface area contributed by atoms with E-state index in [0.717, 1.165) is 22.1 Å². The lowest BCUT2D eigenvalue weighted by molar-refractivity contribution is 0.102. The lowest BCUT2D eigenvalue weighted by Crippen LogP contribution is -2.31. The fraction of sp³-hybridized carbons (Fsp3) is 0.263. The highest BCUT2D eigenvalue weighted by atomic mass is 32.1. The summed E-state index contributed by atoms with van der Waals surface area (Å²) >= 11 is 2.89. The molecule has 0 spiro atoms. The topological polar surface area (TPSA) is 78.4 Å². The largest absolute Gasteiger partial charge is 0.326 e. The van der Waals surface area contributed by atoms with Gasteiger partial charge in [0, 0.05) is 36.0 Å². The van der Waals surface area contributed by atoms with Crippen molar-refractivity contribution < 1.29 is 9.59 Å². The van der Waals surface area contributed by atoms with Crippen molar-refractivity contribution in [2.45, 2.75) is 20.4 Å². The smallest absolute Gasteiger partial charge is 0.318 e. The summed E-state index contributed by atoms with van der Waals surface area (Å²) in [7, 11) is 0. The first-order valence-corrected chi connectivity index (χ1v) is 10.6. The van der Waals surface area contributed by atoms with Gasteiger partial charge in [-0.3, -0.25) is 15.0 Å². The number of carbonyl (C=O) groups is 2. The van der Waals surface area contributed by atoms with Gasteiger partial charge in [0.25, 0.3) is 5.91 Å². The lowest BCUT2D eigenvalue weighted by Gasteiger charge is -2.17. The Morgan fingerprint density at radius 3 is 2.43 bits per heavy atom. The van der Waals surface area contributed by atoms with Crippen LogP contribution in [0.2, 0.25) is 0 Å². The summed E-state index contributed by atoms with van der Waals surface area (Å²) in [5.74, 6) is -0.191. The molecule has 144 valence electrons. The van der Waals surface area contributed by atoms with Crippen molar-refractivity contribution in [3.05, 3.63) is 57.5 Å². The van der Waals surface area contributed by atoms with E-state index in [4.69, 9.17) is 0 Å². The minimum Gasteiger partial charge on any atom is -0.318 e. The van der Waals surface area contributed by atoms with E-state index in [-0.39, 0.29) is 11.9 Å². The van der Waals surface area contributed by atoms with Gasteiger partial charge in [-0.25, -0.2) is 14.8 Å². The van der Waals surface area contributed by atoms with Gasteiger partial charge in [-0.2, -0.15) is 0 Å². The van der Waals surface area contributed by atoms with E-state index in [1.165, 1.54) is 22.7 Å². The molecule has 7 nitrogen and oxygen atoms in total. The standard InChI is InChI=1S/C19H19N5O2S2/c1-12-10-27-17(20-12)22-16(25)15-5-3-14(4-6-15)9-23-7-8-24(19(23)26)18-21-13(2)11-28-18/h3-6,10-11H,7-9H2,1-2H3,(H,20,22,25). The monoisotopic (exact) mass is 413 g/mol. The van der Waals surface area contributed by atoms with Crippen molar-refractivity contribution in [1.82, 2.24) is 14.9 Å². The van der Waals surface area contributed by atoms with Crippen molar-refractivity contribution >= 4 is 44.9 Å². The molecule has 1 aromatic carbocycles. The molecular formula is C19H19N5O2S2. The van der Waals surface area contributed by atoms with Crippen LogP contribution in [-0.2, 0) is 6.54 Å². The third-order valence-electron chi connectivity index (χ3n) is 4.36. The number of hydrogen-bond acceptors (Lipinski definition) is 6. The summed E-state index contributed by atoms with van der Waals surface area (Å²) in [6, 6.07) is 7.27. The molecule has 1 fully saturated rings. The van der Waals surface area contributed by atoms with Gasteiger partial charge in [0.05, 0.1) is 11.4 Å². The SMILES string of the molecule is Cc1csc(NC(=O)c2ccc(CN3CCN(c4nc(C)cs4)C3=O)cc2)n1. The van der Waals surface area contributed by atoms with Crippen LogP contribution in [0.4, 0.5) is 15.1 Å². The first-order chi connectivity index (χ1) is 13.5. The predicted octanol–water partition coefficient (Wildman–Crippen LogP) is 3.91. The average Bonchev–Trinajstić information content (AvgIpc) is 3.37. The summed E-state index contributed by atoms with van der Waals surface area (Å²) in [4.78, 5) is 37.1. The fourth-order valence-corrected chi connectivity index (χ4v) is 4.44. The summed E-state index contributed by atoms with van der Waals surface area (Å²) in [6.45, 7) is 5.61. The number of aryl methyl sites for hydroxylation is 2. The summed E-state index contributed by atoms with van der Waals surface area (Å²) in [5.41, 5.74) is 3.34. The Morgan fingerprint density at radius 2 is 1.79 bits per heavy atom. The van der Waals surface area contributed by atoms with Gasteiger partial charge >= 0.3 is 6.03 Å². The highest BCUT2D eigenvalue weighted by Gasteiger charge is 2.31. The number of nitrogens with one attached hydrogen (secondary N) is 1. The van der Waals surface area contributed by atoms with Crippen molar-refractivity contribution in [2.75, 3.05) is 23.3 Å². The third-order valence-corrected chi connectivity index (χ3v) is 6.22. The quantitative estimate of drug-likeness (QED) is 0.688. The molecule has 0 radical (unpaired) electrons. The summed E-state index contributed by atoms with van der Waals surface area (Å²) in [6.07, 6.45) is 0. The zero-order chi connectivity index (χ0) is 19.7. The highest BCUT2D eigenvalue weighted by molar-refractivity contribution is 7.14. The Balaban J connectivity index is 1.38. The molecule has 2 aromatic heterocycles. The fourth-order valence-electron chi connectivity index (χ4n) is 2.93. The van der Waals surface area contributed by atoms with E-state index < -0.39 is 0 Å². The van der Waals surface area contributed by atoms with Gasteiger partial charge in [0.1, 0.15) is 0 Å². The number of nitrogens with zero attached hydrogens (tertiary/aromatic N) is 4. The van der Waals surface area contributed by atoms with Crippen molar-refractivity contribution in [2.24, 2.45) is 0 Å². The second-order valence-corrected chi connectivity index (χ2v) is 8.27. The molecule has 28 heavy (non-hydrogen) atoms. The normalized spacial score (nSPS) is 14.0. The Bertz CT molecular complexity index is 1010. The first kappa shape index (κ1) is 18.6. The van der Waals surface area contributed by atoms with E-state index in [9.17, 15) is 9.59 Å². The highest BCUT2D eigenvalue weighted by Crippen LogP contribution is 2.25. The number of amides is 3. The Kier molecular flexibility index (Phi) is 5.10. The average molecular weight is 414 g/mol. The molecule has 3 heterocycles. The van der Waals surface area contributed by atoms with Crippen LogP contribution in [0.25, 0.3) is 0 Å². The molecular weight excluding hydrogens is 394 g/mol. The van der Waals surface area contributed by atoms with Crippen LogP contribution in [0.15, 0.2) is 35.0 Å². The first-order valence-electron chi connectivity index (χ1n) is 8.80. The van der Waals surface area contributed by atoms with Gasteiger partial charge in [-0.1, -0.05) is 12.1 Å². The molecule has 1 saturated heterocycles. The van der Waals surface area contributed by atoms with Gasteiger partial charge in [-0.15, -0.1) is 22.7 Å². The molecule has 0 bridgehead atoms. The van der Waals surface area contributed by atoms with Gasteiger partial charge in [0.2, 0.25) is 0 Å². The zero-order valence-corrected chi connectivity index (χ0v) is 17.1. The Morgan fingerprint density at radius 1 is 1.07 bits per heavy atom. The molecule has 0 saturated carbocycles. The lowest BCUT2D eigenvalue weighted by atomic mass is 10.1. The number of aromatic nitrogens is 2. The van der Waals surface area contributed by atoms with Crippen LogP contribution in [0.1, 0.15) is 27.3 Å². The maximum atomic E-state index is 12.6. The molecule has 0 unspecified atom stereocenters. The van der Waals surface area contributed by atoms with Crippen LogP contribution in [0.3, 0.4) is 0 Å². The van der Waals surface area contributed by atoms with E-state index in [1.54, 1.807) is 21.9 Å². The predicted molar refractivity (Wildman–Crippen MR) is 111 cm³/mol. The van der Waals surface area contributed by atoms with Crippen LogP contribution in [-0.4, -0.2) is 39.9 Å². The minimum atomic E-state index is -0.191. The van der Waals surface area contributed by atoms with Crippen LogP contribution < -0.4 is 10.2 Å². The molecule has 0 aliphatic carbocycles. The van der Waals surface area contributed by atoms with Gasteiger partial charge < -0.3 is 4.90 Å². The Labute approximate surface area is 170 Å². The zero-order valence-electron chi connectivity index (χ0n) is 15.5. The molecule has 0 atom stereocenters. The van der Waals surface area contributed by atoms with Crippen LogP contribution in [0.5, 0.6) is 0 Å². The molecule has 3 aromatic rings. The molecule has 3 amide bonds. The maximum absolute atomic E-state index is 12.6. The molecule has 1 aliphatic heterocycles. The van der Waals surface area contributed by atoms with Crippen molar-refractivity contribution in [3.63, 3.8) is 0 Å². The molecule has 9 heteroatoms. The van der Waals surface area contributed by atoms with E-state index in [2.05, 4.69) is 15.3 Å². The van der Waals surface area contributed by atoms with Crippen molar-refractivity contribution in [1.29, 1.82) is 0 Å². The number of rotatable bonds is 5. The molecule has 4 rings (SSSR count). The number of urea groups is 1. The molecule has 1 N–H and O–H groups in total. The number of benzene rings is 1. The van der Waals surface area contributed by atoms with Crippen LogP contribution in [0, 0.1) is 13.8 Å². The number of anilines is 2. The third kappa shape index (κ3) is 3.90. The van der Waals surface area contributed by atoms with E-state index >= 15 is 0 Å². The summed E-state index contributed by atoms with van der Waals surface area (Å²) < 4.78 is 0. The van der Waals surface area contributed by atoms with E-state index in [0.29, 0.717) is 30.3 Å². The number of carbonyl (C=O) groups excluding carboxylic acids is 2. The maximum Gasteiger partial charge on any atom is 0.326 e. The Hall–Kier alpha value is -2.78. The minimum absolute atomic E-state index is 0.0321. The van der Waals surface area contributed by atoms with Crippen molar-refractivity contribution in [3.8, 4) is 0 Å². The van der Waals surface area contributed by atoms with Crippen LogP contribution >= 0.6 is 22.7 Å².